The molecule has 1 aromatic heterocycles. The molecule has 0 aliphatic heterocycles. The zero-order valence-corrected chi connectivity index (χ0v) is 10.9. The lowest BCUT2D eigenvalue weighted by Gasteiger charge is -2.10. The van der Waals surface area contributed by atoms with Crippen molar-refractivity contribution in [1.82, 2.24) is 9.97 Å². The minimum absolute atomic E-state index is 0.192. The number of ether oxygens (including phenoxy) is 1. The van der Waals surface area contributed by atoms with Crippen LogP contribution < -0.4 is 10.5 Å². The van der Waals surface area contributed by atoms with E-state index in [9.17, 15) is 0 Å². The van der Waals surface area contributed by atoms with Crippen molar-refractivity contribution in [3.63, 3.8) is 0 Å². The van der Waals surface area contributed by atoms with Crippen LogP contribution >= 0.6 is 15.9 Å². The van der Waals surface area contributed by atoms with Crippen molar-refractivity contribution in [2.24, 2.45) is 0 Å². The van der Waals surface area contributed by atoms with E-state index in [1.807, 2.05) is 24.3 Å². The van der Waals surface area contributed by atoms with Gasteiger partial charge in [-0.25, -0.2) is 4.98 Å². The Hall–Kier alpha value is -1.62. The highest BCUT2D eigenvalue weighted by atomic mass is 79.9. The van der Waals surface area contributed by atoms with Gasteiger partial charge in [0.2, 0.25) is 11.8 Å². The van der Waals surface area contributed by atoms with E-state index in [1.165, 1.54) is 0 Å². The molecule has 88 valence electrons. The van der Waals surface area contributed by atoms with Crippen molar-refractivity contribution in [3.8, 4) is 11.6 Å². The molecule has 0 saturated carbocycles. The third-order valence-corrected chi connectivity index (χ3v) is 2.83. The molecular weight excluding hydrogens is 282 g/mol. The Bertz CT molecular complexity index is 531. The first-order valence-corrected chi connectivity index (χ1v) is 6.03. The van der Waals surface area contributed by atoms with Crippen molar-refractivity contribution >= 4 is 21.9 Å². The molecule has 0 unspecified atom stereocenters. The van der Waals surface area contributed by atoms with E-state index >= 15 is 0 Å². The first-order chi connectivity index (χ1) is 8.20. The van der Waals surface area contributed by atoms with Crippen LogP contribution in [-0.4, -0.2) is 9.97 Å². The highest BCUT2D eigenvalue weighted by Gasteiger charge is 2.08. The van der Waals surface area contributed by atoms with Crippen LogP contribution in [0.2, 0.25) is 0 Å². The highest BCUT2D eigenvalue weighted by Crippen LogP contribution is 2.29. The SMILES string of the molecule is CCc1ccccc1Oc1nc(N)ncc1Br. The summed E-state index contributed by atoms with van der Waals surface area (Å²) in [6, 6.07) is 7.83. The fourth-order valence-corrected chi connectivity index (χ4v) is 1.71. The van der Waals surface area contributed by atoms with E-state index in [-0.39, 0.29) is 5.95 Å². The summed E-state index contributed by atoms with van der Waals surface area (Å²) >= 11 is 3.33. The molecule has 1 aromatic carbocycles. The summed E-state index contributed by atoms with van der Waals surface area (Å²) in [5.41, 5.74) is 6.65. The number of para-hydroxylation sites is 1. The summed E-state index contributed by atoms with van der Waals surface area (Å²) in [6.07, 6.45) is 2.47. The largest absolute Gasteiger partial charge is 0.437 e. The van der Waals surface area contributed by atoms with Gasteiger partial charge in [-0.3, -0.25) is 0 Å². The molecule has 0 fully saturated rings. The zero-order valence-electron chi connectivity index (χ0n) is 9.35. The summed E-state index contributed by atoms with van der Waals surface area (Å²) in [6.45, 7) is 2.07. The van der Waals surface area contributed by atoms with Crippen LogP contribution in [-0.2, 0) is 6.42 Å². The molecule has 0 radical (unpaired) electrons. The Kier molecular flexibility index (Phi) is 3.58. The first-order valence-electron chi connectivity index (χ1n) is 5.24. The summed E-state index contributed by atoms with van der Waals surface area (Å²) in [5.74, 6) is 1.41. The smallest absolute Gasteiger partial charge is 0.238 e. The van der Waals surface area contributed by atoms with Gasteiger partial charge in [-0.15, -0.1) is 0 Å². The zero-order chi connectivity index (χ0) is 12.3. The second-order valence-corrected chi connectivity index (χ2v) is 4.30. The van der Waals surface area contributed by atoms with Gasteiger partial charge in [0, 0.05) is 0 Å². The summed E-state index contributed by atoms with van der Waals surface area (Å²) in [5, 5.41) is 0. The number of hydrogen-bond donors (Lipinski definition) is 1. The van der Waals surface area contributed by atoms with Crippen LogP contribution in [0.3, 0.4) is 0 Å². The van der Waals surface area contributed by atoms with E-state index in [0.717, 1.165) is 17.7 Å². The predicted molar refractivity (Wildman–Crippen MR) is 70.0 cm³/mol. The number of nitrogens with two attached hydrogens (primary N) is 1. The number of nitrogens with zero attached hydrogens (tertiary/aromatic N) is 2. The molecule has 0 saturated heterocycles. The second-order valence-electron chi connectivity index (χ2n) is 3.44. The Labute approximate surface area is 108 Å². The average molecular weight is 294 g/mol. The normalized spacial score (nSPS) is 10.2. The van der Waals surface area contributed by atoms with Gasteiger partial charge in [0.25, 0.3) is 0 Å². The average Bonchev–Trinajstić information content (AvgIpc) is 2.34. The van der Waals surface area contributed by atoms with E-state index in [2.05, 4.69) is 32.8 Å². The number of aromatic nitrogens is 2. The summed E-state index contributed by atoms with van der Waals surface area (Å²) in [7, 11) is 0. The molecule has 1 heterocycles. The van der Waals surface area contributed by atoms with Gasteiger partial charge in [0.1, 0.15) is 5.75 Å². The van der Waals surface area contributed by atoms with Gasteiger partial charge in [-0.1, -0.05) is 25.1 Å². The minimum Gasteiger partial charge on any atom is -0.437 e. The van der Waals surface area contributed by atoms with Crippen molar-refractivity contribution in [2.75, 3.05) is 5.73 Å². The number of aryl methyl sites for hydroxylation is 1. The molecule has 2 aromatic rings. The van der Waals surface area contributed by atoms with Gasteiger partial charge in [-0.05, 0) is 34.0 Å². The Morgan fingerprint density at radius 2 is 2.12 bits per heavy atom. The molecule has 2 rings (SSSR count). The molecule has 2 N–H and O–H groups in total. The lowest BCUT2D eigenvalue weighted by molar-refractivity contribution is 0.454. The minimum atomic E-state index is 0.192. The topological polar surface area (TPSA) is 61.0 Å². The molecule has 0 aliphatic carbocycles. The number of halogens is 1. The Morgan fingerprint density at radius 3 is 2.88 bits per heavy atom. The van der Waals surface area contributed by atoms with Crippen molar-refractivity contribution in [3.05, 3.63) is 40.5 Å². The molecule has 0 bridgehead atoms. The fraction of sp³-hybridized carbons (Fsp3) is 0.167. The van der Waals surface area contributed by atoms with Gasteiger partial charge in [0.15, 0.2) is 0 Å². The molecular formula is C12H12BrN3O. The van der Waals surface area contributed by atoms with Gasteiger partial charge in [0.05, 0.1) is 10.7 Å². The molecule has 17 heavy (non-hydrogen) atoms. The monoisotopic (exact) mass is 293 g/mol. The number of hydrogen-bond acceptors (Lipinski definition) is 4. The maximum atomic E-state index is 5.73. The van der Waals surface area contributed by atoms with Crippen molar-refractivity contribution in [2.45, 2.75) is 13.3 Å². The van der Waals surface area contributed by atoms with Crippen LogP contribution in [0, 0.1) is 0 Å². The molecule has 0 spiro atoms. The quantitative estimate of drug-likeness (QED) is 0.944. The third-order valence-electron chi connectivity index (χ3n) is 2.29. The third kappa shape index (κ3) is 2.74. The van der Waals surface area contributed by atoms with Gasteiger partial charge >= 0.3 is 0 Å². The van der Waals surface area contributed by atoms with Crippen LogP contribution in [0.1, 0.15) is 12.5 Å². The highest BCUT2D eigenvalue weighted by molar-refractivity contribution is 9.10. The molecule has 4 nitrogen and oxygen atoms in total. The van der Waals surface area contributed by atoms with Crippen LogP contribution in [0.25, 0.3) is 0 Å². The van der Waals surface area contributed by atoms with Crippen LogP contribution in [0.4, 0.5) is 5.95 Å². The molecule has 5 heteroatoms. The molecule has 0 aliphatic rings. The summed E-state index contributed by atoms with van der Waals surface area (Å²) < 4.78 is 6.41. The number of nitrogen functional groups attached to an aromatic ring is 1. The number of rotatable bonds is 3. The Balaban J connectivity index is 2.34. The van der Waals surface area contributed by atoms with E-state index in [1.54, 1.807) is 6.20 Å². The van der Waals surface area contributed by atoms with Crippen molar-refractivity contribution in [1.29, 1.82) is 0 Å². The standard InChI is InChI=1S/C12H12BrN3O/c1-2-8-5-3-4-6-10(8)17-11-9(13)7-15-12(14)16-11/h3-7H,2H2,1H3,(H2,14,15,16). The fourth-order valence-electron chi connectivity index (χ4n) is 1.44. The van der Waals surface area contributed by atoms with Crippen LogP contribution in [0.5, 0.6) is 11.6 Å². The lowest BCUT2D eigenvalue weighted by atomic mass is 10.1. The molecule has 0 amide bonds. The van der Waals surface area contributed by atoms with E-state index < -0.39 is 0 Å². The van der Waals surface area contributed by atoms with E-state index in [4.69, 9.17) is 10.5 Å². The predicted octanol–water partition coefficient (Wildman–Crippen LogP) is 3.18. The molecule has 0 atom stereocenters. The van der Waals surface area contributed by atoms with E-state index in [0.29, 0.717) is 10.4 Å². The number of anilines is 1. The summed E-state index contributed by atoms with van der Waals surface area (Å²) in [4.78, 5) is 7.90. The maximum Gasteiger partial charge on any atom is 0.238 e. The van der Waals surface area contributed by atoms with Gasteiger partial charge in [-0.2, -0.15) is 4.98 Å². The van der Waals surface area contributed by atoms with Gasteiger partial charge < -0.3 is 10.5 Å². The lowest BCUT2D eigenvalue weighted by Crippen LogP contribution is -1.98. The number of benzene rings is 1. The van der Waals surface area contributed by atoms with Crippen molar-refractivity contribution < 1.29 is 4.74 Å². The Morgan fingerprint density at radius 1 is 1.35 bits per heavy atom. The first kappa shape index (κ1) is 11.9. The maximum absolute atomic E-state index is 5.73. The van der Waals surface area contributed by atoms with Crippen LogP contribution in [0.15, 0.2) is 34.9 Å². The second kappa shape index (κ2) is 5.14.